The summed E-state index contributed by atoms with van der Waals surface area (Å²) in [5.41, 5.74) is 3.37. The number of benzene rings is 1. The minimum atomic E-state index is -0.466. The zero-order valence-electron chi connectivity index (χ0n) is 17.3. The van der Waals surface area contributed by atoms with Crippen molar-refractivity contribution in [3.63, 3.8) is 0 Å². The SMILES string of the molecule is CCOCCOC(=O)c1[nH]c2c(c1C)C(=O)C[C@H](c1ccc(OC)c(OC)c1)C2. The van der Waals surface area contributed by atoms with Gasteiger partial charge in [0.1, 0.15) is 12.3 Å². The number of H-pyrrole nitrogens is 1. The van der Waals surface area contributed by atoms with Crippen molar-refractivity contribution in [2.24, 2.45) is 0 Å². The Kier molecular flexibility index (Phi) is 6.59. The van der Waals surface area contributed by atoms with E-state index in [2.05, 4.69) is 4.98 Å². The number of carbonyl (C=O) groups excluding carboxylic acids is 2. The number of hydrogen-bond donors (Lipinski definition) is 1. The van der Waals surface area contributed by atoms with Gasteiger partial charge in [0.15, 0.2) is 17.3 Å². The molecule has 1 aliphatic carbocycles. The highest BCUT2D eigenvalue weighted by atomic mass is 16.6. The zero-order valence-corrected chi connectivity index (χ0v) is 17.3. The normalized spacial score (nSPS) is 15.7. The van der Waals surface area contributed by atoms with Crippen molar-refractivity contribution in [2.45, 2.75) is 32.6 Å². The number of Topliss-reactive ketones (excluding diaryl/α,β-unsaturated/α-hetero) is 1. The number of carbonyl (C=O) groups is 2. The number of aromatic amines is 1. The predicted molar refractivity (Wildman–Crippen MR) is 107 cm³/mol. The molecule has 1 heterocycles. The number of hydrogen-bond acceptors (Lipinski definition) is 6. The van der Waals surface area contributed by atoms with Gasteiger partial charge in [-0.25, -0.2) is 4.79 Å². The van der Waals surface area contributed by atoms with E-state index in [4.69, 9.17) is 18.9 Å². The number of aromatic nitrogens is 1. The van der Waals surface area contributed by atoms with Crippen LogP contribution in [0.25, 0.3) is 0 Å². The highest BCUT2D eigenvalue weighted by Gasteiger charge is 2.32. The second kappa shape index (κ2) is 9.13. The highest BCUT2D eigenvalue weighted by molar-refractivity contribution is 6.03. The number of ketones is 1. The minimum Gasteiger partial charge on any atom is -0.493 e. The monoisotopic (exact) mass is 401 g/mol. The van der Waals surface area contributed by atoms with E-state index in [0.29, 0.717) is 54.4 Å². The van der Waals surface area contributed by atoms with Gasteiger partial charge < -0.3 is 23.9 Å². The number of fused-ring (bicyclic) bond motifs is 1. The summed E-state index contributed by atoms with van der Waals surface area (Å²) in [4.78, 5) is 28.4. The first kappa shape index (κ1) is 20.9. The number of methoxy groups -OCH3 is 2. The van der Waals surface area contributed by atoms with Gasteiger partial charge >= 0.3 is 5.97 Å². The lowest BCUT2D eigenvalue weighted by Gasteiger charge is -2.23. The minimum absolute atomic E-state index is 0.00493. The molecular weight excluding hydrogens is 374 g/mol. The van der Waals surface area contributed by atoms with Gasteiger partial charge in [-0.05, 0) is 49.4 Å². The first-order valence-electron chi connectivity index (χ1n) is 9.71. The summed E-state index contributed by atoms with van der Waals surface area (Å²) in [7, 11) is 3.17. The maximum absolute atomic E-state index is 12.9. The van der Waals surface area contributed by atoms with Crippen molar-refractivity contribution >= 4 is 11.8 Å². The lowest BCUT2D eigenvalue weighted by Crippen LogP contribution is -2.18. The van der Waals surface area contributed by atoms with E-state index in [1.54, 1.807) is 21.1 Å². The Hall–Kier alpha value is -2.80. The Morgan fingerprint density at radius 1 is 1.14 bits per heavy atom. The first-order valence-corrected chi connectivity index (χ1v) is 9.71. The van der Waals surface area contributed by atoms with Gasteiger partial charge in [0.05, 0.1) is 20.8 Å². The smallest absolute Gasteiger partial charge is 0.355 e. The summed E-state index contributed by atoms with van der Waals surface area (Å²) < 4.78 is 21.1. The Labute approximate surface area is 170 Å². The molecule has 0 unspecified atom stereocenters. The zero-order chi connectivity index (χ0) is 21.0. The standard InChI is InChI=1S/C22H27NO6/c1-5-28-8-9-29-22(25)21-13(2)20-16(23-21)10-15(11-17(20)24)14-6-7-18(26-3)19(12-14)27-4/h6-7,12,15,23H,5,8-11H2,1-4H3/t15-/m1/s1. The van der Waals surface area contributed by atoms with Crippen LogP contribution in [0.4, 0.5) is 0 Å². The van der Waals surface area contributed by atoms with Crippen LogP contribution < -0.4 is 9.47 Å². The maximum atomic E-state index is 12.9. The number of nitrogens with one attached hydrogen (secondary N) is 1. The van der Waals surface area contributed by atoms with Gasteiger partial charge in [-0.1, -0.05) is 6.07 Å². The van der Waals surface area contributed by atoms with Gasteiger partial charge in [0.2, 0.25) is 0 Å². The summed E-state index contributed by atoms with van der Waals surface area (Å²) in [6.07, 6.45) is 1.00. The molecule has 156 valence electrons. The molecule has 2 aromatic rings. The third-order valence-corrected chi connectivity index (χ3v) is 5.24. The molecule has 0 spiro atoms. The van der Waals surface area contributed by atoms with Crippen LogP contribution in [0.1, 0.15) is 56.9 Å². The molecular formula is C22H27NO6. The summed E-state index contributed by atoms with van der Waals surface area (Å²) in [6.45, 7) is 4.76. The molecule has 1 N–H and O–H groups in total. The molecule has 0 radical (unpaired) electrons. The average Bonchev–Trinajstić information content (AvgIpc) is 3.07. The summed E-state index contributed by atoms with van der Waals surface area (Å²) in [6, 6.07) is 5.69. The highest BCUT2D eigenvalue weighted by Crippen LogP contribution is 2.38. The van der Waals surface area contributed by atoms with Crippen LogP contribution >= 0.6 is 0 Å². The van der Waals surface area contributed by atoms with Crippen molar-refractivity contribution in [2.75, 3.05) is 34.0 Å². The van der Waals surface area contributed by atoms with Crippen molar-refractivity contribution in [1.29, 1.82) is 0 Å². The molecule has 1 aromatic heterocycles. The molecule has 0 saturated heterocycles. The van der Waals surface area contributed by atoms with Crippen LogP contribution in [-0.4, -0.2) is 50.8 Å². The van der Waals surface area contributed by atoms with E-state index in [9.17, 15) is 9.59 Å². The third kappa shape index (κ3) is 4.29. The molecule has 0 fully saturated rings. The van der Waals surface area contributed by atoms with Gasteiger partial charge in [-0.15, -0.1) is 0 Å². The fourth-order valence-electron chi connectivity index (χ4n) is 3.79. The lowest BCUT2D eigenvalue weighted by atomic mass is 9.81. The van der Waals surface area contributed by atoms with Crippen LogP contribution in [0.2, 0.25) is 0 Å². The van der Waals surface area contributed by atoms with E-state index >= 15 is 0 Å². The molecule has 1 aromatic carbocycles. The Balaban J connectivity index is 1.81. The van der Waals surface area contributed by atoms with Crippen LogP contribution in [-0.2, 0) is 15.9 Å². The molecule has 0 bridgehead atoms. The third-order valence-electron chi connectivity index (χ3n) is 5.24. The van der Waals surface area contributed by atoms with Crippen molar-refractivity contribution < 1.29 is 28.5 Å². The topological polar surface area (TPSA) is 86.9 Å². The molecule has 1 aliphatic rings. The average molecular weight is 401 g/mol. The lowest BCUT2D eigenvalue weighted by molar-refractivity contribution is 0.0329. The molecule has 1 atom stereocenters. The van der Waals surface area contributed by atoms with Gasteiger partial charge in [0, 0.05) is 24.3 Å². The van der Waals surface area contributed by atoms with Crippen LogP contribution in [0.3, 0.4) is 0 Å². The van der Waals surface area contributed by atoms with Gasteiger partial charge in [0.25, 0.3) is 0 Å². The van der Waals surface area contributed by atoms with Crippen LogP contribution in [0.15, 0.2) is 18.2 Å². The molecule has 7 nitrogen and oxygen atoms in total. The number of ether oxygens (including phenoxy) is 4. The quantitative estimate of drug-likeness (QED) is 0.539. The molecule has 29 heavy (non-hydrogen) atoms. The second-order valence-corrected chi connectivity index (χ2v) is 6.95. The fraction of sp³-hybridized carbons (Fsp3) is 0.455. The van der Waals surface area contributed by atoms with E-state index in [1.807, 2.05) is 25.1 Å². The van der Waals surface area contributed by atoms with Crippen molar-refractivity contribution in [3.8, 4) is 11.5 Å². The van der Waals surface area contributed by atoms with Crippen molar-refractivity contribution in [3.05, 3.63) is 46.3 Å². The molecule has 3 rings (SSSR count). The van der Waals surface area contributed by atoms with Crippen molar-refractivity contribution in [1.82, 2.24) is 4.98 Å². The molecule has 0 saturated carbocycles. The summed E-state index contributed by atoms with van der Waals surface area (Å²) in [5, 5.41) is 0. The number of esters is 1. The maximum Gasteiger partial charge on any atom is 0.355 e. The summed E-state index contributed by atoms with van der Waals surface area (Å²) >= 11 is 0. The Morgan fingerprint density at radius 3 is 2.59 bits per heavy atom. The predicted octanol–water partition coefficient (Wildman–Crippen LogP) is 3.45. The Morgan fingerprint density at radius 2 is 1.90 bits per heavy atom. The van der Waals surface area contributed by atoms with E-state index in [1.165, 1.54) is 0 Å². The first-order chi connectivity index (χ1) is 14.0. The second-order valence-electron chi connectivity index (χ2n) is 6.95. The molecule has 7 heteroatoms. The van der Waals surface area contributed by atoms with Gasteiger partial charge in [-0.2, -0.15) is 0 Å². The van der Waals surface area contributed by atoms with Crippen LogP contribution in [0, 0.1) is 6.92 Å². The Bertz CT molecular complexity index is 901. The summed E-state index contributed by atoms with van der Waals surface area (Å²) in [5.74, 6) is 0.825. The van der Waals surface area contributed by atoms with Crippen LogP contribution in [0.5, 0.6) is 11.5 Å². The van der Waals surface area contributed by atoms with E-state index < -0.39 is 5.97 Å². The van der Waals surface area contributed by atoms with E-state index in [0.717, 1.165) is 11.3 Å². The molecule has 0 aliphatic heterocycles. The molecule has 0 amide bonds. The fourth-order valence-corrected chi connectivity index (χ4v) is 3.79. The largest absolute Gasteiger partial charge is 0.493 e. The number of rotatable bonds is 8. The van der Waals surface area contributed by atoms with E-state index in [-0.39, 0.29) is 18.3 Å². The van der Waals surface area contributed by atoms with Gasteiger partial charge in [-0.3, -0.25) is 4.79 Å².